The Bertz CT molecular complexity index is 3120. The number of benzene rings is 10. The second-order valence-electron chi connectivity index (χ2n) is 14.1. The van der Waals surface area contributed by atoms with Gasteiger partial charge in [0.15, 0.2) is 0 Å². The van der Waals surface area contributed by atoms with E-state index in [9.17, 15) is 0 Å². The number of anilines is 3. The average Bonchev–Trinajstić information content (AvgIpc) is 3.59. The third-order valence-electron chi connectivity index (χ3n) is 11.1. The normalized spacial score (nSPS) is 11.7. The van der Waals surface area contributed by atoms with Crippen molar-refractivity contribution in [3.05, 3.63) is 206 Å². The molecule has 1 aromatic heterocycles. The highest BCUT2D eigenvalue weighted by molar-refractivity contribution is 6.28. The van der Waals surface area contributed by atoms with E-state index in [1.54, 1.807) is 0 Å². The van der Waals surface area contributed by atoms with Crippen LogP contribution in [-0.2, 0) is 0 Å². The van der Waals surface area contributed by atoms with Crippen molar-refractivity contribution < 1.29 is 0 Å². The first-order valence-electron chi connectivity index (χ1n) is 18.6. The summed E-state index contributed by atoms with van der Waals surface area (Å²) in [5.74, 6) is 0. The molecule has 0 bridgehead atoms. The van der Waals surface area contributed by atoms with Crippen molar-refractivity contribution in [2.45, 2.75) is 0 Å². The smallest absolute Gasteiger partial charge is 0.0625 e. The molecule has 10 aromatic carbocycles. The van der Waals surface area contributed by atoms with E-state index >= 15 is 0 Å². The Morgan fingerprint density at radius 3 is 1.46 bits per heavy atom. The molecule has 0 N–H and O–H groups in total. The summed E-state index contributed by atoms with van der Waals surface area (Å²) in [5.41, 5.74) is 9.31. The van der Waals surface area contributed by atoms with Gasteiger partial charge in [0, 0.05) is 38.9 Å². The lowest BCUT2D eigenvalue weighted by Gasteiger charge is -2.25. The lowest BCUT2D eigenvalue weighted by molar-refractivity contribution is 1.18. The zero-order valence-electron chi connectivity index (χ0n) is 29.5. The van der Waals surface area contributed by atoms with Gasteiger partial charge in [0.05, 0.1) is 11.0 Å². The lowest BCUT2D eigenvalue weighted by atomic mass is 9.90. The fourth-order valence-corrected chi connectivity index (χ4v) is 8.76. The van der Waals surface area contributed by atoms with Crippen LogP contribution in [0.1, 0.15) is 0 Å². The van der Waals surface area contributed by atoms with Crippen LogP contribution >= 0.6 is 0 Å². The maximum Gasteiger partial charge on any atom is 0.0625 e. The van der Waals surface area contributed by atoms with Crippen LogP contribution in [0.3, 0.4) is 0 Å². The van der Waals surface area contributed by atoms with Crippen LogP contribution in [0.2, 0.25) is 0 Å². The molecule has 0 saturated carbocycles. The predicted molar refractivity (Wildman–Crippen MR) is 231 cm³/mol. The molecule has 11 rings (SSSR count). The fraction of sp³-hybridized carbons (Fsp3) is 0. The van der Waals surface area contributed by atoms with E-state index in [1.165, 1.54) is 76.0 Å². The second kappa shape index (κ2) is 12.2. The van der Waals surface area contributed by atoms with Crippen LogP contribution < -0.4 is 4.90 Å². The predicted octanol–water partition coefficient (Wildman–Crippen LogP) is 14.5. The summed E-state index contributed by atoms with van der Waals surface area (Å²) in [6.07, 6.45) is 0. The molecule has 2 nitrogen and oxygen atoms in total. The van der Waals surface area contributed by atoms with Gasteiger partial charge in [-0.1, -0.05) is 146 Å². The molecule has 0 aliphatic heterocycles. The van der Waals surface area contributed by atoms with Gasteiger partial charge in [0.2, 0.25) is 0 Å². The number of hydrogen-bond donors (Lipinski definition) is 0. The highest BCUT2D eigenvalue weighted by Gasteiger charge is 2.22. The average molecular weight is 687 g/mol. The fourth-order valence-electron chi connectivity index (χ4n) is 8.76. The Balaban J connectivity index is 1.26. The third kappa shape index (κ3) is 4.67. The molecule has 0 radical (unpaired) electrons. The number of fused-ring (bicyclic) bond motifs is 11. The first-order chi connectivity index (χ1) is 26.8. The van der Waals surface area contributed by atoms with Gasteiger partial charge >= 0.3 is 0 Å². The number of rotatable bonds is 5. The molecule has 11 aromatic rings. The zero-order chi connectivity index (χ0) is 35.6. The quantitative estimate of drug-likeness (QED) is 0.164. The topological polar surface area (TPSA) is 8.17 Å². The van der Waals surface area contributed by atoms with Gasteiger partial charge in [-0.2, -0.15) is 0 Å². The van der Waals surface area contributed by atoms with E-state index in [-0.39, 0.29) is 0 Å². The number of nitrogens with zero attached hydrogens (tertiary/aromatic N) is 2. The van der Waals surface area contributed by atoms with Crippen molar-refractivity contribution in [1.82, 2.24) is 4.57 Å². The number of para-hydroxylation sites is 3. The van der Waals surface area contributed by atoms with Gasteiger partial charge in [-0.25, -0.2) is 0 Å². The summed E-state index contributed by atoms with van der Waals surface area (Å²) in [6.45, 7) is 0. The third-order valence-corrected chi connectivity index (χ3v) is 11.1. The van der Waals surface area contributed by atoms with E-state index in [4.69, 9.17) is 0 Å². The first kappa shape index (κ1) is 30.5. The Labute approximate surface area is 313 Å². The highest BCUT2D eigenvalue weighted by atomic mass is 15.1. The maximum atomic E-state index is 2.48. The summed E-state index contributed by atoms with van der Waals surface area (Å²) in [7, 11) is 0. The Morgan fingerprint density at radius 2 is 0.833 bits per heavy atom. The van der Waals surface area contributed by atoms with Gasteiger partial charge in [0.25, 0.3) is 0 Å². The minimum absolute atomic E-state index is 1.11. The largest absolute Gasteiger partial charge is 0.310 e. The van der Waals surface area contributed by atoms with Gasteiger partial charge in [-0.3, -0.25) is 0 Å². The Hall–Kier alpha value is -7.16. The molecular weight excluding hydrogens is 653 g/mol. The molecule has 0 amide bonds. The molecule has 0 spiro atoms. The maximum absolute atomic E-state index is 2.48. The van der Waals surface area contributed by atoms with E-state index in [1.807, 2.05) is 0 Å². The molecule has 0 aliphatic carbocycles. The molecule has 54 heavy (non-hydrogen) atoms. The summed E-state index contributed by atoms with van der Waals surface area (Å²) < 4.78 is 2.48. The summed E-state index contributed by atoms with van der Waals surface area (Å²) in [5, 5.41) is 12.6. The van der Waals surface area contributed by atoms with Crippen LogP contribution in [0.5, 0.6) is 0 Å². The van der Waals surface area contributed by atoms with Gasteiger partial charge in [0.1, 0.15) is 0 Å². The molecule has 2 heteroatoms. The van der Waals surface area contributed by atoms with Crippen LogP contribution in [-0.4, -0.2) is 4.57 Å². The Kier molecular flexibility index (Phi) is 6.90. The molecule has 252 valence electrons. The van der Waals surface area contributed by atoms with Crippen molar-refractivity contribution in [1.29, 1.82) is 0 Å². The van der Waals surface area contributed by atoms with Crippen molar-refractivity contribution in [2.24, 2.45) is 0 Å². The van der Waals surface area contributed by atoms with Crippen LogP contribution in [0, 0.1) is 0 Å². The molecule has 0 fully saturated rings. The van der Waals surface area contributed by atoms with Crippen LogP contribution in [0.25, 0.3) is 81.7 Å². The minimum Gasteiger partial charge on any atom is -0.310 e. The second-order valence-corrected chi connectivity index (χ2v) is 14.1. The van der Waals surface area contributed by atoms with E-state index in [0.29, 0.717) is 0 Å². The van der Waals surface area contributed by atoms with Crippen LogP contribution in [0.4, 0.5) is 17.1 Å². The lowest BCUT2D eigenvalue weighted by Crippen LogP contribution is -2.09. The van der Waals surface area contributed by atoms with Crippen molar-refractivity contribution in [3.63, 3.8) is 0 Å². The van der Waals surface area contributed by atoms with Gasteiger partial charge < -0.3 is 9.47 Å². The van der Waals surface area contributed by atoms with Crippen molar-refractivity contribution in [2.75, 3.05) is 4.90 Å². The van der Waals surface area contributed by atoms with Gasteiger partial charge in [-0.05, 0) is 109 Å². The first-order valence-corrected chi connectivity index (χ1v) is 18.6. The molecular formula is C52H34N2. The summed E-state index contributed by atoms with van der Waals surface area (Å²) >= 11 is 0. The number of aromatic nitrogens is 1. The molecule has 0 saturated heterocycles. The van der Waals surface area contributed by atoms with E-state index < -0.39 is 0 Å². The van der Waals surface area contributed by atoms with E-state index in [0.717, 1.165) is 22.7 Å². The minimum atomic E-state index is 1.11. The van der Waals surface area contributed by atoms with Crippen molar-refractivity contribution >= 4 is 82.0 Å². The molecule has 0 atom stereocenters. The zero-order valence-corrected chi connectivity index (χ0v) is 29.5. The highest BCUT2D eigenvalue weighted by Crippen LogP contribution is 2.46. The molecule has 0 aliphatic rings. The summed E-state index contributed by atoms with van der Waals surface area (Å²) in [4.78, 5) is 2.35. The van der Waals surface area contributed by atoms with Crippen molar-refractivity contribution in [3.8, 4) is 16.8 Å². The SMILES string of the molecule is c1ccc(N(c2ccccc2)c2ccc3c4c(-c5ccc6c7ccccc7c7ccccc7c6c5)cc5ccccc5c4n(-c4ccccc4)c3c2)cc1. The van der Waals surface area contributed by atoms with E-state index in [2.05, 4.69) is 216 Å². The monoisotopic (exact) mass is 686 g/mol. The standard InChI is InChI=1S/C52H34N2/c1-4-17-37(18-5-1)53(38-19-6-2-7-20-38)40-29-31-47-50(34-40)54(39-21-8-3-9-22-39)52-41-23-11-10-16-35(41)32-48(51(47)52)36-28-30-46-44-26-13-12-24-42(44)43-25-14-15-27-45(43)49(46)33-36/h1-34H. The van der Waals surface area contributed by atoms with Crippen LogP contribution in [0.15, 0.2) is 206 Å². The molecule has 0 unspecified atom stereocenters. The van der Waals surface area contributed by atoms with Gasteiger partial charge in [-0.15, -0.1) is 0 Å². The molecule has 1 heterocycles. The number of hydrogen-bond acceptors (Lipinski definition) is 1. The Morgan fingerprint density at radius 1 is 0.333 bits per heavy atom. The summed E-state index contributed by atoms with van der Waals surface area (Å²) in [6, 6.07) is 75.2.